The first-order valence-corrected chi connectivity index (χ1v) is 12.5. The second-order valence-corrected chi connectivity index (χ2v) is 11.6. The van der Waals surface area contributed by atoms with Crippen molar-refractivity contribution in [3.8, 4) is 0 Å². The van der Waals surface area contributed by atoms with Gasteiger partial charge in [-0.15, -0.1) is 0 Å². The van der Waals surface area contributed by atoms with Gasteiger partial charge in [0.15, 0.2) is 21.0 Å². The van der Waals surface area contributed by atoms with Crippen molar-refractivity contribution in [2.75, 3.05) is 11.5 Å². The number of carbonyl (C=O) groups is 1. The average molecular weight is 454 g/mol. The molecule has 0 radical (unpaired) electrons. The quantitative estimate of drug-likeness (QED) is 0.598. The number of nitrogens with zero attached hydrogens (tertiary/aromatic N) is 1. The van der Waals surface area contributed by atoms with Crippen LogP contribution in [0.4, 0.5) is 0 Å². The van der Waals surface area contributed by atoms with Gasteiger partial charge in [-0.1, -0.05) is 57.2 Å². The second kappa shape index (κ2) is 8.20. The molecule has 1 aliphatic heterocycles. The van der Waals surface area contributed by atoms with Crippen LogP contribution in [-0.4, -0.2) is 36.8 Å². The molecular formula is C25H27NO5S. The Morgan fingerprint density at radius 2 is 1.78 bits per heavy atom. The summed E-state index contributed by atoms with van der Waals surface area (Å²) in [7, 11) is -3.20. The van der Waals surface area contributed by atoms with Gasteiger partial charge in [-0.3, -0.25) is 9.59 Å². The molecule has 3 aromatic rings. The zero-order valence-corrected chi connectivity index (χ0v) is 19.3. The Hall–Kier alpha value is -2.93. The molecule has 1 fully saturated rings. The Labute approximate surface area is 187 Å². The number of amides is 1. The van der Waals surface area contributed by atoms with E-state index in [1.807, 2.05) is 24.3 Å². The smallest absolute Gasteiger partial charge is 0.290 e. The Morgan fingerprint density at radius 1 is 1.09 bits per heavy atom. The van der Waals surface area contributed by atoms with Gasteiger partial charge in [0, 0.05) is 18.7 Å². The monoisotopic (exact) mass is 453 g/mol. The highest BCUT2D eigenvalue weighted by molar-refractivity contribution is 7.91. The summed E-state index contributed by atoms with van der Waals surface area (Å²) in [6.07, 6.45) is 0.367. The molecule has 32 heavy (non-hydrogen) atoms. The fraction of sp³-hybridized carbons (Fsp3) is 0.360. The van der Waals surface area contributed by atoms with E-state index in [4.69, 9.17) is 4.42 Å². The van der Waals surface area contributed by atoms with Gasteiger partial charge in [-0.25, -0.2) is 8.42 Å². The van der Waals surface area contributed by atoms with E-state index in [1.54, 1.807) is 24.3 Å². The maximum absolute atomic E-state index is 13.5. The Bertz CT molecular complexity index is 1320. The molecule has 168 valence electrons. The molecule has 0 unspecified atom stereocenters. The van der Waals surface area contributed by atoms with Crippen molar-refractivity contribution >= 4 is 26.7 Å². The van der Waals surface area contributed by atoms with Crippen LogP contribution in [0.3, 0.4) is 0 Å². The topological polar surface area (TPSA) is 84.7 Å². The van der Waals surface area contributed by atoms with E-state index in [0.717, 1.165) is 5.56 Å². The fourth-order valence-corrected chi connectivity index (χ4v) is 5.78. The summed E-state index contributed by atoms with van der Waals surface area (Å²) < 4.78 is 30.0. The molecule has 0 bridgehead atoms. The second-order valence-electron chi connectivity index (χ2n) is 9.41. The summed E-state index contributed by atoms with van der Waals surface area (Å²) in [5.74, 6) is -0.595. The van der Waals surface area contributed by atoms with Gasteiger partial charge in [-0.2, -0.15) is 0 Å². The fourth-order valence-electron chi connectivity index (χ4n) is 4.05. The van der Waals surface area contributed by atoms with Crippen molar-refractivity contribution in [3.63, 3.8) is 0 Å². The largest absolute Gasteiger partial charge is 0.451 e. The first-order chi connectivity index (χ1) is 15.0. The number of hydrogen-bond acceptors (Lipinski definition) is 5. The highest BCUT2D eigenvalue weighted by Crippen LogP contribution is 2.26. The van der Waals surface area contributed by atoms with Crippen LogP contribution in [0.2, 0.25) is 0 Å². The third kappa shape index (κ3) is 4.63. The van der Waals surface area contributed by atoms with Crippen LogP contribution in [0.1, 0.15) is 48.9 Å². The zero-order chi connectivity index (χ0) is 23.1. The minimum atomic E-state index is -3.20. The number of benzene rings is 2. The van der Waals surface area contributed by atoms with Crippen molar-refractivity contribution in [1.82, 2.24) is 4.90 Å². The molecule has 7 heteroatoms. The molecule has 2 aromatic carbocycles. The van der Waals surface area contributed by atoms with Crippen molar-refractivity contribution in [3.05, 3.63) is 81.7 Å². The maximum Gasteiger partial charge on any atom is 0.290 e. The third-order valence-corrected chi connectivity index (χ3v) is 7.68. The molecule has 0 spiro atoms. The first kappa shape index (κ1) is 22.3. The van der Waals surface area contributed by atoms with E-state index < -0.39 is 21.8 Å². The number of fused-ring (bicyclic) bond motifs is 1. The summed E-state index contributed by atoms with van der Waals surface area (Å²) in [5.41, 5.74) is 2.09. The molecule has 1 saturated heterocycles. The zero-order valence-electron chi connectivity index (χ0n) is 18.5. The van der Waals surface area contributed by atoms with Crippen LogP contribution in [-0.2, 0) is 21.8 Å². The Morgan fingerprint density at radius 3 is 2.41 bits per heavy atom. The standard InChI is InChI=1S/C25H27NO5S/c1-25(2,3)18-10-8-17(9-11-18)15-26(19-12-13-32(29,30)16-19)24(28)23-14-21(27)20-6-4-5-7-22(20)31-23/h4-11,14,19H,12-13,15-16H2,1-3H3/t19-/m0/s1. The molecular weight excluding hydrogens is 426 g/mol. The number of sulfone groups is 1. The van der Waals surface area contributed by atoms with E-state index in [1.165, 1.54) is 16.5 Å². The number of para-hydroxylation sites is 1. The lowest BCUT2D eigenvalue weighted by Gasteiger charge is -2.28. The van der Waals surface area contributed by atoms with Gasteiger partial charge in [-0.05, 0) is 35.1 Å². The molecule has 1 aliphatic rings. The van der Waals surface area contributed by atoms with Crippen LogP contribution in [0.15, 0.2) is 63.8 Å². The summed E-state index contributed by atoms with van der Waals surface area (Å²) in [6, 6.07) is 15.5. The molecule has 4 rings (SSSR count). The summed E-state index contributed by atoms with van der Waals surface area (Å²) in [4.78, 5) is 27.5. The van der Waals surface area contributed by atoms with E-state index >= 15 is 0 Å². The van der Waals surface area contributed by atoms with E-state index in [2.05, 4.69) is 20.8 Å². The van der Waals surface area contributed by atoms with Crippen molar-refractivity contribution in [2.24, 2.45) is 0 Å². The minimum absolute atomic E-state index is 0.00205. The molecule has 1 atom stereocenters. The number of carbonyl (C=O) groups excluding carboxylic acids is 1. The molecule has 2 heterocycles. The minimum Gasteiger partial charge on any atom is -0.451 e. The Kier molecular flexibility index (Phi) is 5.71. The van der Waals surface area contributed by atoms with E-state index in [-0.39, 0.29) is 34.7 Å². The van der Waals surface area contributed by atoms with Gasteiger partial charge in [0.25, 0.3) is 5.91 Å². The average Bonchev–Trinajstić information content (AvgIpc) is 3.10. The van der Waals surface area contributed by atoms with Gasteiger partial charge in [0.2, 0.25) is 0 Å². The lowest BCUT2D eigenvalue weighted by molar-refractivity contribution is 0.0648. The molecule has 1 aromatic heterocycles. The van der Waals surface area contributed by atoms with Crippen LogP contribution < -0.4 is 5.43 Å². The van der Waals surface area contributed by atoms with Crippen LogP contribution in [0.25, 0.3) is 11.0 Å². The number of hydrogen-bond donors (Lipinski definition) is 0. The predicted octanol–water partition coefficient (Wildman–Crippen LogP) is 3.92. The molecule has 0 N–H and O–H groups in total. The van der Waals surface area contributed by atoms with Crippen molar-refractivity contribution in [2.45, 2.75) is 45.2 Å². The normalized spacial score (nSPS) is 18.0. The SMILES string of the molecule is CC(C)(C)c1ccc(CN(C(=O)c2cc(=O)c3ccccc3o2)[C@H]2CCS(=O)(=O)C2)cc1. The van der Waals surface area contributed by atoms with Gasteiger partial charge < -0.3 is 9.32 Å². The highest BCUT2D eigenvalue weighted by Gasteiger charge is 2.36. The maximum atomic E-state index is 13.5. The lowest BCUT2D eigenvalue weighted by atomic mass is 9.86. The molecule has 1 amide bonds. The van der Waals surface area contributed by atoms with Gasteiger partial charge >= 0.3 is 0 Å². The molecule has 6 nitrogen and oxygen atoms in total. The molecule has 0 aliphatic carbocycles. The number of rotatable bonds is 4. The van der Waals surface area contributed by atoms with E-state index in [0.29, 0.717) is 17.4 Å². The third-order valence-electron chi connectivity index (χ3n) is 5.93. The Balaban J connectivity index is 1.70. The van der Waals surface area contributed by atoms with Crippen LogP contribution in [0, 0.1) is 0 Å². The van der Waals surface area contributed by atoms with Crippen molar-refractivity contribution < 1.29 is 17.6 Å². The van der Waals surface area contributed by atoms with Crippen LogP contribution >= 0.6 is 0 Å². The first-order valence-electron chi connectivity index (χ1n) is 10.7. The van der Waals surface area contributed by atoms with Gasteiger partial charge in [0.1, 0.15) is 5.58 Å². The molecule has 0 saturated carbocycles. The van der Waals surface area contributed by atoms with E-state index in [9.17, 15) is 18.0 Å². The predicted molar refractivity (Wildman–Crippen MR) is 125 cm³/mol. The highest BCUT2D eigenvalue weighted by atomic mass is 32.2. The lowest BCUT2D eigenvalue weighted by Crippen LogP contribution is -2.41. The van der Waals surface area contributed by atoms with Gasteiger partial charge in [0.05, 0.1) is 16.9 Å². The summed E-state index contributed by atoms with van der Waals surface area (Å²) >= 11 is 0. The summed E-state index contributed by atoms with van der Waals surface area (Å²) in [6.45, 7) is 6.62. The van der Waals surface area contributed by atoms with Crippen LogP contribution in [0.5, 0.6) is 0 Å². The van der Waals surface area contributed by atoms with Crippen molar-refractivity contribution in [1.29, 1.82) is 0 Å². The summed E-state index contributed by atoms with van der Waals surface area (Å²) in [5, 5.41) is 0.400.